The van der Waals surface area contributed by atoms with Gasteiger partial charge in [0.25, 0.3) is 5.91 Å². The maximum atomic E-state index is 12.7. The zero-order valence-corrected chi connectivity index (χ0v) is 14.3. The van der Waals surface area contributed by atoms with Crippen molar-refractivity contribution < 1.29 is 19.4 Å². The van der Waals surface area contributed by atoms with Crippen molar-refractivity contribution in [2.24, 2.45) is 5.41 Å². The van der Waals surface area contributed by atoms with E-state index in [9.17, 15) is 14.7 Å². The summed E-state index contributed by atoms with van der Waals surface area (Å²) in [5.74, 6) is -1.09. The van der Waals surface area contributed by atoms with Crippen molar-refractivity contribution in [3.63, 3.8) is 0 Å². The predicted molar refractivity (Wildman–Crippen MR) is 90.8 cm³/mol. The van der Waals surface area contributed by atoms with Crippen LogP contribution in [-0.2, 0) is 9.53 Å². The zero-order valence-electron chi connectivity index (χ0n) is 14.3. The van der Waals surface area contributed by atoms with Crippen LogP contribution in [0.4, 0.5) is 0 Å². The summed E-state index contributed by atoms with van der Waals surface area (Å²) in [7, 11) is 1.48. The molecule has 1 aliphatic rings. The molecule has 2 heterocycles. The first kappa shape index (κ1) is 17.2. The zero-order chi connectivity index (χ0) is 18.0. The normalized spacial score (nSPS) is 20.0. The minimum Gasteiger partial charge on any atom is -0.481 e. The highest BCUT2D eigenvalue weighted by Crippen LogP contribution is 2.32. The number of methoxy groups -OCH3 is 1. The second-order valence-electron chi connectivity index (χ2n) is 6.50. The number of aryl methyl sites for hydroxylation is 1. The van der Waals surface area contributed by atoms with E-state index in [2.05, 4.69) is 5.10 Å². The van der Waals surface area contributed by atoms with Gasteiger partial charge < -0.3 is 14.7 Å². The highest BCUT2D eigenvalue weighted by molar-refractivity contribution is 5.95. The van der Waals surface area contributed by atoms with Gasteiger partial charge >= 0.3 is 5.97 Å². The molecule has 0 saturated carbocycles. The molecule has 25 heavy (non-hydrogen) atoms. The number of amides is 1. The number of carbonyl (C=O) groups is 2. The van der Waals surface area contributed by atoms with Crippen molar-refractivity contribution in [1.82, 2.24) is 14.7 Å². The van der Waals surface area contributed by atoms with Gasteiger partial charge in [-0.25, -0.2) is 4.68 Å². The summed E-state index contributed by atoms with van der Waals surface area (Å²) in [6.07, 6.45) is 4.07. The Bertz CT molecular complexity index is 784. The molecule has 2 aromatic rings. The Labute approximate surface area is 145 Å². The molecule has 1 fully saturated rings. The van der Waals surface area contributed by atoms with Crippen molar-refractivity contribution in [1.29, 1.82) is 0 Å². The molecule has 7 nitrogen and oxygen atoms in total. The largest absolute Gasteiger partial charge is 0.481 e. The summed E-state index contributed by atoms with van der Waals surface area (Å²) >= 11 is 0. The molecular weight excluding hydrogens is 322 g/mol. The Balaban J connectivity index is 1.74. The number of hydrogen-bond acceptors (Lipinski definition) is 4. The number of benzene rings is 1. The average Bonchev–Trinajstić information content (AvgIpc) is 3.22. The number of nitrogens with zero attached hydrogens (tertiary/aromatic N) is 3. The van der Waals surface area contributed by atoms with E-state index in [1.54, 1.807) is 27.9 Å². The number of carboxylic acids is 1. The van der Waals surface area contributed by atoms with Gasteiger partial charge in [0.05, 0.1) is 18.5 Å². The minimum absolute atomic E-state index is 0.101. The van der Waals surface area contributed by atoms with Crippen molar-refractivity contribution in [3.05, 3.63) is 47.8 Å². The molecule has 1 unspecified atom stereocenters. The molecule has 1 aromatic heterocycles. The van der Waals surface area contributed by atoms with Gasteiger partial charge in [0.2, 0.25) is 0 Å². The Morgan fingerprint density at radius 2 is 2.04 bits per heavy atom. The van der Waals surface area contributed by atoms with Gasteiger partial charge in [-0.15, -0.1) is 0 Å². The molecule has 1 aliphatic heterocycles. The van der Waals surface area contributed by atoms with Crippen LogP contribution in [0, 0.1) is 12.3 Å². The molecule has 0 bridgehead atoms. The topological polar surface area (TPSA) is 84.7 Å². The van der Waals surface area contributed by atoms with Gasteiger partial charge in [-0.2, -0.15) is 5.10 Å². The lowest BCUT2D eigenvalue weighted by atomic mass is 9.88. The van der Waals surface area contributed by atoms with E-state index in [4.69, 9.17) is 4.74 Å². The first-order chi connectivity index (χ1) is 11.9. The molecule has 0 radical (unpaired) electrons. The summed E-state index contributed by atoms with van der Waals surface area (Å²) in [5.41, 5.74) is 1.44. The Hall–Kier alpha value is -2.67. The van der Waals surface area contributed by atoms with E-state index in [0.29, 0.717) is 18.5 Å². The van der Waals surface area contributed by atoms with Gasteiger partial charge in [-0.05, 0) is 43.2 Å². The maximum absolute atomic E-state index is 12.7. The summed E-state index contributed by atoms with van der Waals surface area (Å²) in [6, 6.07) is 7.14. The standard InChI is InChI=1S/C18H21N3O4/c1-13-9-19-21(10-13)15-5-3-14(4-6-15)16(22)20-8-7-18(11-20,12-25-2)17(23)24/h3-6,9-10H,7-8,11-12H2,1-2H3,(H,23,24). The molecule has 1 N–H and O–H groups in total. The van der Waals surface area contributed by atoms with E-state index < -0.39 is 11.4 Å². The lowest BCUT2D eigenvalue weighted by Crippen LogP contribution is -2.40. The minimum atomic E-state index is -1.02. The van der Waals surface area contributed by atoms with E-state index in [1.165, 1.54) is 7.11 Å². The van der Waals surface area contributed by atoms with Gasteiger partial charge in [0.15, 0.2) is 0 Å². The van der Waals surface area contributed by atoms with Crippen LogP contribution in [0.1, 0.15) is 22.3 Å². The second-order valence-corrected chi connectivity index (χ2v) is 6.50. The Morgan fingerprint density at radius 1 is 1.32 bits per heavy atom. The van der Waals surface area contributed by atoms with E-state index in [1.807, 2.05) is 25.3 Å². The number of rotatable bonds is 5. The van der Waals surface area contributed by atoms with Gasteiger partial charge in [-0.3, -0.25) is 9.59 Å². The molecule has 7 heteroatoms. The smallest absolute Gasteiger partial charge is 0.313 e. The molecule has 0 spiro atoms. The van der Waals surface area contributed by atoms with E-state index in [0.717, 1.165) is 11.3 Å². The summed E-state index contributed by atoms with van der Waals surface area (Å²) in [6.45, 7) is 2.64. The molecule has 1 saturated heterocycles. The third-order valence-electron chi connectivity index (χ3n) is 4.61. The Kier molecular flexibility index (Phi) is 4.59. The molecule has 0 aliphatic carbocycles. The van der Waals surface area contributed by atoms with Crippen LogP contribution in [0.15, 0.2) is 36.7 Å². The monoisotopic (exact) mass is 343 g/mol. The highest BCUT2D eigenvalue weighted by Gasteiger charge is 2.46. The van der Waals surface area contributed by atoms with Crippen LogP contribution >= 0.6 is 0 Å². The SMILES string of the molecule is COCC1(C(=O)O)CCN(C(=O)c2ccc(-n3cc(C)cn3)cc2)C1. The summed E-state index contributed by atoms with van der Waals surface area (Å²) in [5, 5.41) is 13.7. The van der Waals surface area contributed by atoms with Gasteiger partial charge in [0, 0.05) is 32.0 Å². The van der Waals surface area contributed by atoms with Crippen LogP contribution in [0.2, 0.25) is 0 Å². The quantitative estimate of drug-likeness (QED) is 0.894. The number of hydrogen-bond donors (Lipinski definition) is 1. The lowest BCUT2D eigenvalue weighted by molar-refractivity contribution is -0.151. The van der Waals surface area contributed by atoms with E-state index >= 15 is 0 Å². The highest BCUT2D eigenvalue weighted by atomic mass is 16.5. The third-order valence-corrected chi connectivity index (χ3v) is 4.61. The fourth-order valence-corrected chi connectivity index (χ4v) is 3.17. The van der Waals surface area contributed by atoms with Crippen LogP contribution in [0.3, 0.4) is 0 Å². The lowest BCUT2D eigenvalue weighted by Gasteiger charge is -2.23. The van der Waals surface area contributed by atoms with Crippen LogP contribution in [0.25, 0.3) is 5.69 Å². The number of aliphatic carboxylic acids is 1. The van der Waals surface area contributed by atoms with Crippen molar-refractivity contribution >= 4 is 11.9 Å². The van der Waals surface area contributed by atoms with Crippen LogP contribution < -0.4 is 0 Å². The van der Waals surface area contributed by atoms with Crippen molar-refractivity contribution in [2.75, 3.05) is 26.8 Å². The fraction of sp³-hybridized carbons (Fsp3) is 0.389. The molecule has 1 amide bonds. The molecule has 1 atom stereocenters. The molecule has 1 aromatic carbocycles. The predicted octanol–water partition coefficient (Wildman–Crippen LogP) is 1.74. The number of aromatic nitrogens is 2. The average molecular weight is 343 g/mol. The number of carboxylic acid groups (broad SMARTS) is 1. The van der Waals surface area contributed by atoms with Crippen molar-refractivity contribution in [2.45, 2.75) is 13.3 Å². The summed E-state index contributed by atoms with van der Waals surface area (Å²) in [4.78, 5) is 25.9. The van der Waals surface area contributed by atoms with Crippen molar-refractivity contribution in [3.8, 4) is 5.69 Å². The number of ether oxygens (including phenoxy) is 1. The number of carbonyl (C=O) groups excluding carboxylic acids is 1. The fourth-order valence-electron chi connectivity index (χ4n) is 3.17. The molecule has 3 rings (SSSR count). The Morgan fingerprint density at radius 3 is 2.60 bits per heavy atom. The third kappa shape index (κ3) is 3.28. The first-order valence-electron chi connectivity index (χ1n) is 8.08. The van der Waals surface area contributed by atoms with Crippen LogP contribution in [0.5, 0.6) is 0 Å². The molecule has 132 valence electrons. The van der Waals surface area contributed by atoms with Gasteiger partial charge in [0.1, 0.15) is 5.41 Å². The van der Waals surface area contributed by atoms with E-state index in [-0.39, 0.29) is 19.1 Å². The van der Waals surface area contributed by atoms with Gasteiger partial charge in [-0.1, -0.05) is 0 Å². The summed E-state index contributed by atoms with van der Waals surface area (Å²) < 4.78 is 6.81. The van der Waals surface area contributed by atoms with Crippen LogP contribution in [-0.4, -0.2) is 58.5 Å². The molecular formula is C18H21N3O4. The maximum Gasteiger partial charge on any atom is 0.313 e. The number of likely N-dealkylation sites (tertiary alicyclic amines) is 1. The second kappa shape index (κ2) is 6.68. The first-order valence-corrected chi connectivity index (χ1v) is 8.08.